The zero-order valence-electron chi connectivity index (χ0n) is 17.2. The lowest BCUT2D eigenvalue weighted by Gasteiger charge is -2.32. The minimum atomic E-state index is -0.173. The van der Waals surface area contributed by atoms with Crippen molar-refractivity contribution in [1.29, 1.82) is 0 Å². The maximum Gasteiger partial charge on any atom is 0.193 e. The summed E-state index contributed by atoms with van der Waals surface area (Å²) in [6, 6.07) is 7.51. The van der Waals surface area contributed by atoms with Crippen LogP contribution in [0.15, 0.2) is 29.3 Å². The minimum Gasteiger partial charge on any atom is -0.379 e. The van der Waals surface area contributed by atoms with E-state index >= 15 is 0 Å². The molecule has 2 saturated heterocycles. The highest BCUT2D eigenvalue weighted by Gasteiger charge is 2.30. The number of hydrogen-bond donors (Lipinski definition) is 1. The zero-order valence-corrected chi connectivity index (χ0v) is 17.2. The molecule has 0 radical (unpaired) electrons. The number of nitrogens with zero attached hydrogens (tertiary/aromatic N) is 4. The van der Waals surface area contributed by atoms with E-state index in [-0.39, 0.29) is 5.82 Å². The number of anilines is 1. The number of hydrogen-bond acceptors (Lipinski definition) is 4. The molecule has 28 heavy (non-hydrogen) atoms. The van der Waals surface area contributed by atoms with Gasteiger partial charge in [0.05, 0.1) is 18.9 Å². The van der Waals surface area contributed by atoms with Gasteiger partial charge in [-0.2, -0.15) is 0 Å². The largest absolute Gasteiger partial charge is 0.379 e. The second-order valence-corrected chi connectivity index (χ2v) is 7.50. The predicted molar refractivity (Wildman–Crippen MR) is 113 cm³/mol. The third-order valence-electron chi connectivity index (χ3n) is 5.54. The number of likely N-dealkylation sites (tertiary alicyclic amines) is 1. The Kier molecular flexibility index (Phi) is 7.91. The first-order chi connectivity index (χ1) is 13.7. The van der Waals surface area contributed by atoms with Crippen molar-refractivity contribution in [2.45, 2.75) is 25.8 Å². The van der Waals surface area contributed by atoms with Gasteiger partial charge in [-0.1, -0.05) is 12.1 Å². The Labute approximate surface area is 168 Å². The second kappa shape index (κ2) is 10.6. The standard InChI is InChI=1S/C21H34FN5O/c1-3-23-21(27-12-9-18(17-27)26-13-15-28-16-14-26)24-10-6-11-25(2)20-8-5-4-7-19(20)22/h4-5,7-8,18H,3,6,9-17H2,1-2H3,(H,23,24). The van der Waals surface area contributed by atoms with Crippen LogP contribution in [-0.2, 0) is 4.74 Å². The normalized spacial score (nSPS) is 21.2. The lowest BCUT2D eigenvalue weighted by atomic mass is 10.2. The molecule has 3 rings (SSSR count). The van der Waals surface area contributed by atoms with Gasteiger partial charge >= 0.3 is 0 Å². The highest BCUT2D eigenvalue weighted by molar-refractivity contribution is 5.80. The summed E-state index contributed by atoms with van der Waals surface area (Å²) in [6.07, 6.45) is 2.07. The van der Waals surface area contributed by atoms with Crippen LogP contribution in [0.3, 0.4) is 0 Å². The summed E-state index contributed by atoms with van der Waals surface area (Å²) in [4.78, 5) is 11.7. The van der Waals surface area contributed by atoms with Gasteiger partial charge in [0.15, 0.2) is 5.96 Å². The van der Waals surface area contributed by atoms with Crippen molar-refractivity contribution in [3.05, 3.63) is 30.1 Å². The Balaban J connectivity index is 1.48. The van der Waals surface area contributed by atoms with E-state index in [9.17, 15) is 4.39 Å². The van der Waals surface area contributed by atoms with E-state index in [2.05, 4.69) is 22.0 Å². The third-order valence-corrected chi connectivity index (χ3v) is 5.54. The average Bonchev–Trinajstić information content (AvgIpc) is 3.21. The molecule has 1 N–H and O–H groups in total. The van der Waals surface area contributed by atoms with Crippen molar-refractivity contribution in [1.82, 2.24) is 15.1 Å². The molecule has 0 amide bonds. The van der Waals surface area contributed by atoms with Crippen molar-refractivity contribution >= 4 is 11.6 Å². The van der Waals surface area contributed by atoms with Gasteiger partial charge in [-0.15, -0.1) is 0 Å². The fourth-order valence-electron chi connectivity index (χ4n) is 3.98. The molecule has 0 bridgehead atoms. The van der Waals surface area contributed by atoms with Crippen LogP contribution in [0.2, 0.25) is 0 Å². The molecule has 0 spiro atoms. The molecular weight excluding hydrogens is 357 g/mol. The van der Waals surface area contributed by atoms with E-state index in [0.29, 0.717) is 11.7 Å². The van der Waals surface area contributed by atoms with Crippen LogP contribution in [0.5, 0.6) is 0 Å². The molecule has 2 fully saturated rings. The van der Waals surface area contributed by atoms with Gasteiger partial charge in [0.25, 0.3) is 0 Å². The smallest absolute Gasteiger partial charge is 0.193 e. The molecule has 0 aromatic heterocycles. The number of guanidine groups is 1. The number of ether oxygens (including phenoxy) is 1. The van der Waals surface area contributed by atoms with Crippen molar-refractivity contribution < 1.29 is 9.13 Å². The summed E-state index contributed by atoms with van der Waals surface area (Å²) in [6.45, 7) is 10.3. The number of rotatable bonds is 7. The Morgan fingerprint density at radius 3 is 2.82 bits per heavy atom. The van der Waals surface area contributed by atoms with Gasteiger partial charge in [-0.3, -0.25) is 9.89 Å². The lowest BCUT2D eigenvalue weighted by Crippen LogP contribution is -2.46. The monoisotopic (exact) mass is 391 g/mol. The van der Waals surface area contributed by atoms with E-state index in [1.807, 2.05) is 24.1 Å². The van der Waals surface area contributed by atoms with E-state index in [4.69, 9.17) is 9.73 Å². The van der Waals surface area contributed by atoms with Crippen molar-refractivity contribution in [2.75, 3.05) is 71.0 Å². The predicted octanol–water partition coefficient (Wildman–Crippen LogP) is 2.02. The van der Waals surface area contributed by atoms with Gasteiger partial charge in [0, 0.05) is 58.9 Å². The number of aliphatic imine (C=N–C) groups is 1. The maximum atomic E-state index is 13.9. The zero-order chi connectivity index (χ0) is 19.8. The van der Waals surface area contributed by atoms with Crippen LogP contribution in [0.1, 0.15) is 19.8 Å². The fourth-order valence-corrected chi connectivity index (χ4v) is 3.98. The summed E-state index contributed by atoms with van der Waals surface area (Å²) in [5, 5.41) is 3.44. The number of morpholine rings is 1. The van der Waals surface area contributed by atoms with Gasteiger partial charge in [-0.25, -0.2) is 4.39 Å². The van der Waals surface area contributed by atoms with Crippen LogP contribution < -0.4 is 10.2 Å². The summed E-state index contributed by atoms with van der Waals surface area (Å²) in [5.74, 6) is 0.833. The van der Waals surface area contributed by atoms with Gasteiger partial charge in [-0.05, 0) is 31.9 Å². The Morgan fingerprint density at radius 2 is 2.07 bits per heavy atom. The number of halogens is 1. The first-order valence-electron chi connectivity index (χ1n) is 10.5. The molecule has 156 valence electrons. The van der Waals surface area contributed by atoms with Crippen molar-refractivity contribution in [2.24, 2.45) is 4.99 Å². The van der Waals surface area contributed by atoms with E-state index < -0.39 is 0 Å². The molecule has 1 aromatic carbocycles. The Hall–Kier alpha value is -1.86. The molecule has 7 heteroatoms. The molecule has 1 aromatic rings. The van der Waals surface area contributed by atoms with Crippen LogP contribution in [0.4, 0.5) is 10.1 Å². The molecule has 1 atom stereocenters. The molecule has 6 nitrogen and oxygen atoms in total. The van der Waals surface area contributed by atoms with E-state index in [0.717, 1.165) is 71.4 Å². The molecule has 0 aliphatic carbocycles. The highest BCUT2D eigenvalue weighted by atomic mass is 19.1. The van der Waals surface area contributed by atoms with Crippen molar-refractivity contribution in [3.63, 3.8) is 0 Å². The fraction of sp³-hybridized carbons (Fsp3) is 0.667. The number of para-hydroxylation sites is 1. The van der Waals surface area contributed by atoms with E-state index in [1.165, 1.54) is 12.5 Å². The topological polar surface area (TPSA) is 43.3 Å². The summed E-state index contributed by atoms with van der Waals surface area (Å²) in [7, 11) is 1.93. The summed E-state index contributed by atoms with van der Waals surface area (Å²) < 4.78 is 19.4. The molecule has 2 heterocycles. The van der Waals surface area contributed by atoms with Crippen LogP contribution >= 0.6 is 0 Å². The van der Waals surface area contributed by atoms with Crippen LogP contribution in [-0.4, -0.2) is 87.9 Å². The first kappa shape index (κ1) is 20.9. The SMILES string of the molecule is CCNC(=NCCCN(C)c1ccccc1F)N1CCC(N2CCOCC2)C1. The third kappa shape index (κ3) is 5.58. The van der Waals surface area contributed by atoms with Crippen LogP contribution in [0.25, 0.3) is 0 Å². The number of nitrogens with one attached hydrogen (secondary N) is 1. The molecule has 1 unspecified atom stereocenters. The molecule has 2 aliphatic heterocycles. The molecule has 2 aliphatic rings. The summed E-state index contributed by atoms with van der Waals surface area (Å²) >= 11 is 0. The Morgan fingerprint density at radius 1 is 1.29 bits per heavy atom. The second-order valence-electron chi connectivity index (χ2n) is 7.50. The quantitative estimate of drug-likeness (QED) is 0.438. The first-order valence-corrected chi connectivity index (χ1v) is 10.5. The Bertz CT molecular complexity index is 635. The van der Waals surface area contributed by atoms with Crippen LogP contribution in [0, 0.1) is 5.82 Å². The number of benzene rings is 1. The van der Waals surface area contributed by atoms with E-state index in [1.54, 1.807) is 6.07 Å². The van der Waals surface area contributed by atoms with Gasteiger partial charge in [0.2, 0.25) is 0 Å². The van der Waals surface area contributed by atoms with Gasteiger partial charge in [0.1, 0.15) is 5.82 Å². The van der Waals surface area contributed by atoms with Gasteiger partial charge < -0.3 is 19.9 Å². The molecular formula is C21H34FN5O. The molecule has 0 saturated carbocycles. The lowest BCUT2D eigenvalue weighted by molar-refractivity contribution is 0.0195. The highest BCUT2D eigenvalue weighted by Crippen LogP contribution is 2.18. The summed E-state index contributed by atoms with van der Waals surface area (Å²) in [5.41, 5.74) is 0.645. The average molecular weight is 392 g/mol. The minimum absolute atomic E-state index is 0.173. The van der Waals surface area contributed by atoms with Crippen molar-refractivity contribution in [3.8, 4) is 0 Å². The maximum absolute atomic E-state index is 13.9.